The van der Waals surface area contributed by atoms with Crippen LogP contribution in [0.25, 0.3) is 21.9 Å². The maximum atomic E-state index is 12.9. The Balaban J connectivity index is 1.87. The van der Waals surface area contributed by atoms with E-state index in [9.17, 15) is 4.79 Å². The molecule has 0 atom stereocenters. The lowest BCUT2D eigenvalue weighted by molar-refractivity contribution is 0.0992. The minimum atomic E-state index is 0.141. The normalized spacial score (nSPS) is 13.3. The number of hydrogen-bond acceptors (Lipinski definition) is 1. The van der Waals surface area contributed by atoms with Crippen LogP contribution in [0.1, 0.15) is 36.2 Å². The van der Waals surface area contributed by atoms with E-state index in [0.29, 0.717) is 5.92 Å². The number of rotatable bonds is 4. The van der Waals surface area contributed by atoms with Gasteiger partial charge in [-0.2, -0.15) is 0 Å². The fourth-order valence-corrected chi connectivity index (χ4v) is 3.64. The number of carbonyl (C=O) groups excluding carboxylic acids is 1. The second-order valence-electron chi connectivity index (χ2n) is 7.37. The highest BCUT2D eigenvalue weighted by Gasteiger charge is 2.30. The van der Waals surface area contributed by atoms with Gasteiger partial charge in [-0.05, 0) is 47.9 Å². The van der Waals surface area contributed by atoms with Gasteiger partial charge in [0, 0.05) is 17.5 Å². The zero-order valence-electron chi connectivity index (χ0n) is 15.0. The summed E-state index contributed by atoms with van der Waals surface area (Å²) in [4.78, 5) is 14.9. The predicted octanol–water partition coefficient (Wildman–Crippen LogP) is 5.82. The number of anilines is 1. The van der Waals surface area contributed by atoms with Crippen molar-refractivity contribution in [1.82, 2.24) is 0 Å². The average molecular weight is 329 g/mol. The third-order valence-electron chi connectivity index (χ3n) is 5.08. The molecule has 0 saturated carbocycles. The summed E-state index contributed by atoms with van der Waals surface area (Å²) in [6.07, 6.45) is 1.01. The van der Waals surface area contributed by atoms with E-state index in [1.165, 1.54) is 22.1 Å². The van der Waals surface area contributed by atoms with Crippen LogP contribution in [-0.4, -0.2) is 12.5 Å². The van der Waals surface area contributed by atoms with Crippen LogP contribution in [0.15, 0.2) is 54.6 Å². The van der Waals surface area contributed by atoms with Crippen LogP contribution in [0.3, 0.4) is 0 Å². The minimum absolute atomic E-state index is 0.141. The molecule has 2 nitrogen and oxygen atoms in total. The molecule has 4 rings (SSSR count). The largest absolute Gasteiger partial charge is 0.308 e. The highest BCUT2D eigenvalue weighted by atomic mass is 16.2. The summed E-state index contributed by atoms with van der Waals surface area (Å²) in [7, 11) is 0. The molecule has 0 spiro atoms. The van der Waals surface area contributed by atoms with E-state index in [0.717, 1.165) is 29.6 Å². The van der Waals surface area contributed by atoms with Crippen molar-refractivity contribution in [2.75, 3.05) is 11.4 Å². The monoisotopic (exact) mass is 329 g/mol. The quantitative estimate of drug-likeness (QED) is 0.590. The molecule has 0 unspecified atom stereocenters. The molecule has 1 amide bonds. The Bertz CT molecular complexity index is 954. The second kappa shape index (κ2) is 6.03. The Morgan fingerprint density at radius 2 is 1.68 bits per heavy atom. The van der Waals surface area contributed by atoms with Gasteiger partial charge >= 0.3 is 0 Å². The molecule has 0 radical (unpaired) electrons. The lowest BCUT2D eigenvalue weighted by atomic mass is 9.95. The molecule has 0 saturated heterocycles. The fourth-order valence-electron chi connectivity index (χ4n) is 3.64. The molecule has 1 aliphatic rings. The molecule has 126 valence electrons. The third-order valence-corrected chi connectivity index (χ3v) is 5.08. The van der Waals surface area contributed by atoms with E-state index >= 15 is 0 Å². The SMILES string of the molecule is Cc1ccc(-c2ccc3c4c(cccc24)C(=O)N3CCC(C)C)cc1. The number of aryl methyl sites for hydroxylation is 1. The lowest BCUT2D eigenvalue weighted by Crippen LogP contribution is -2.28. The standard InChI is InChI=1S/C23H23NO/c1-15(2)13-14-24-21-12-11-18(17-9-7-16(3)8-10-17)19-5-4-6-20(22(19)21)23(24)25/h4-12,15H,13-14H2,1-3H3. The van der Waals surface area contributed by atoms with Crippen molar-refractivity contribution in [1.29, 1.82) is 0 Å². The number of carbonyl (C=O) groups is 1. The maximum Gasteiger partial charge on any atom is 0.258 e. The molecule has 25 heavy (non-hydrogen) atoms. The highest BCUT2D eigenvalue weighted by molar-refractivity contribution is 6.26. The van der Waals surface area contributed by atoms with Crippen molar-refractivity contribution in [2.24, 2.45) is 5.92 Å². The molecule has 0 aromatic heterocycles. The van der Waals surface area contributed by atoms with Gasteiger partial charge in [-0.3, -0.25) is 4.79 Å². The molecule has 1 heterocycles. The maximum absolute atomic E-state index is 12.9. The first-order valence-corrected chi connectivity index (χ1v) is 9.01. The van der Waals surface area contributed by atoms with E-state index in [-0.39, 0.29) is 5.91 Å². The van der Waals surface area contributed by atoms with E-state index < -0.39 is 0 Å². The van der Waals surface area contributed by atoms with Crippen molar-refractivity contribution in [3.8, 4) is 11.1 Å². The molecule has 0 aliphatic carbocycles. The molecule has 0 N–H and O–H groups in total. The summed E-state index contributed by atoms with van der Waals surface area (Å²) in [6.45, 7) is 7.28. The second-order valence-corrected chi connectivity index (χ2v) is 7.37. The van der Waals surface area contributed by atoms with Crippen molar-refractivity contribution >= 4 is 22.4 Å². The smallest absolute Gasteiger partial charge is 0.258 e. The molecular formula is C23H23NO. The first kappa shape index (κ1) is 15.9. The average Bonchev–Trinajstić information content (AvgIpc) is 2.88. The van der Waals surface area contributed by atoms with Crippen LogP contribution >= 0.6 is 0 Å². The van der Waals surface area contributed by atoms with Gasteiger partial charge in [0.2, 0.25) is 0 Å². The molecular weight excluding hydrogens is 306 g/mol. The Hall–Kier alpha value is -2.61. The van der Waals surface area contributed by atoms with Crippen LogP contribution in [-0.2, 0) is 0 Å². The topological polar surface area (TPSA) is 20.3 Å². The Morgan fingerprint density at radius 1 is 0.920 bits per heavy atom. The summed E-state index contributed by atoms with van der Waals surface area (Å²) in [6, 6.07) is 19.0. The van der Waals surface area contributed by atoms with E-state index in [4.69, 9.17) is 0 Å². The van der Waals surface area contributed by atoms with Gasteiger partial charge < -0.3 is 4.90 Å². The predicted molar refractivity (Wildman–Crippen MR) is 105 cm³/mol. The van der Waals surface area contributed by atoms with Crippen LogP contribution in [0.5, 0.6) is 0 Å². The van der Waals surface area contributed by atoms with Crippen LogP contribution in [0, 0.1) is 12.8 Å². The summed E-state index contributed by atoms with van der Waals surface area (Å²) >= 11 is 0. The van der Waals surface area contributed by atoms with Crippen LogP contribution in [0.4, 0.5) is 5.69 Å². The molecule has 3 aromatic rings. The van der Waals surface area contributed by atoms with Gasteiger partial charge in [-0.25, -0.2) is 0 Å². The zero-order valence-corrected chi connectivity index (χ0v) is 15.0. The summed E-state index contributed by atoms with van der Waals surface area (Å²) in [5.41, 5.74) is 5.54. The van der Waals surface area contributed by atoms with Crippen molar-refractivity contribution in [3.05, 3.63) is 65.7 Å². The Kier molecular flexibility index (Phi) is 3.84. The number of benzene rings is 3. The summed E-state index contributed by atoms with van der Waals surface area (Å²) in [5, 5.41) is 2.27. The minimum Gasteiger partial charge on any atom is -0.308 e. The molecule has 3 aromatic carbocycles. The molecule has 0 bridgehead atoms. The zero-order chi connectivity index (χ0) is 17.6. The van der Waals surface area contributed by atoms with E-state index in [1.54, 1.807) is 0 Å². The van der Waals surface area contributed by atoms with Crippen LogP contribution in [0.2, 0.25) is 0 Å². The Morgan fingerprint density at radius 3 is 2.40 bits per heavy atom. The van der Waals surface area contributed by atoms with Gasteiger partial charge in [-0.15, -0.1) is 0 Å². The first-order chi connectivity index (χ1) is 12.1. The van der Waals surface area contributed by atoms with Gasteiger partial charge in [0.25, 0.3) is 5.91 Å². The fraction of sp³-hybridized carbons (Fsp3) is 0.261. The van der Waals surface area contributed by atoms with Crippen molar-refractivity contribution in [3.63, 3.8) is 0 Å². The van der Waals surface area contributed by atoms with Gasteiger partial charge in [-0.1, -0.05) is 61.9 Å². The summed E-state index contributed by atoms with van der Waals surface area (Å²) in [5.74, 6) is 0.723. The lowest BCUT2D eigenvalue weighted by Gasteiger charge is -2.19. The first-order valence-electron chi connectivity index (χ1n) is 9.01. The molecule has 2 heteroatoms. The third kappa shape index (κ3) is 2.62. The number of nitrogens with zero attached hydrogens (tertiary/aromatic N) is 1. The van der Waals surface area contributed by atoms with Crippen LogP contribution < -0.4 is 4.90 Å². The molecule has 1 aliphatic heterocycles. The summed E-state index contributed by atoms with van der Waals surface area (Å²) < 4.78 is 0. The van der Waals surface area contributed by atoms with Gasteiger partial charge in [0.1, 0.15) is 0 Å². The Labute approximate surface area is 149 Å². The van der Waals surface area contributed by atoms with Gasteiger partial charge in [0.05, 0.1) is 5.69 Å². The molecule has 0 fully saturated rings. The van der Waals surface area contributed by atoms with Crippen molar-refractivity contribution in [2.45, 2.75) is 27.2 Å². The number of amides is 1. The number of hydrogen-bond donors (Lipinski definition) is 0. The van der Waals surface area contributed by atoms with Gasteiger partial charge in [0.15, 0.2) is 0 Å². The van der Waals surface area contributed by atoms with E-state index in [2.05, 4.69) is 63.2 Å². The van der Waals surface area contributed by atoms with Crippen molar-refractivity contribution < 1.29 is 4.79 Å². The highest BCUT2D eigenvalue weighted by Crippen LogP contribution is 2.41. The van der Waals surface area contributed by atoms with E-state index in [1.807, 2.05) is 17.0 Å².